The number of methoxy groups -OCH3 is 1. The van der Waals surface area contributed by atoms with E-state index in [1.165, 1.54) is 4.68 Å². The summed E-state index contributed by atoms with van der Waals surface area (Å²) in [6.07, 6.45) is 4.45. The number of aryl methyl sites for hydroxylation is 2. The van der Waals surface area contributed by atoms with Crippen LogP contribution in [0.2, 0.25) is 0 Å². The number of rotatable bonds is 2. The first-order valence-corrected chi connectivity index (χ1v) is 5.92. The predicted molar refractivity (Wildman–Crippen MR) is 64.8 cm³/mol. The molecule has 0 N–H and O–H groups in total. The third-order valence-corrected chi connectivity index (χ3v) is 3.20. The van der Waals surface area contributed by atoms with Crippen molar-refractivity contribution in [3.63, 3.8) is 0 Å². The Labute approximate surface area is 101 Å². The van der Waals surface area contributed by atoms with Crippen LogP contribution in [-0.2, 0) is 4.74 Å². The Kier molecular flexibility index (Phi) is 3.31. The molecule has 1 aliphatic rings. The average molecular weight is 234 g/mol. The van der Waals surface area contributed by atoms with Gasteiger partial charge in [0.05, 0.1) is 18.6 Å². The van der Waals surface area contributed by atoms with Crippen LogP contribution in [0.25, 0.3) is 0 Å². The first kappa shape index (κ1) is 11.9. The smallest absolute Gasteiger partial charge is 0.250 e. The molecule has 1 aliphatic carbocycles. The van der Waals surface area contributed by atoms with E-state index in [1.54, 1.807) is 7.11 Å². The molecule has 0 amide bonds. The number of carbonyl (C=O) groups excluding carboxylic acids is 1. The number of hydrogen-bond acceptors (Lipinski definition) is 3. The zero-order valence-electron chi connectivity index (χ0n) is 10.6. The van der Waals surface area contributed by atoms with Gasteiger partial charge in [-0.15, -0.1) is 0 Å². The maximum Gasteiger partial charge on any atom is 0.250 e. The lowest BCUT2D eigenvalue weighted by atomic mass is 9.92. The molecule has 1 aromatic rings. The molecular weight excluding hydrogens is 216 g/mol. The lowest BCUT2D eigenvalue weighted by Crippen LogP contribution is -2.25. The standard InChI is InChI=1S/C13H18N2O2/c1-9-8-10(2)15(14-9)13(16)11-4-6-12(17-3)7-5-11/h6,8,11H,4-5,7H2,1-3H3. The summed E-state index contributed by atoms with van der Waals surface area (Å²) in [6, 6.07) is 1.93. The summed E-state index contributed by atoms with van der Waals surface area (Å²) in [5.74, 6) is 1.12. The third-order valence-electron chi connectivity index (χ3n) is 3.20. The van der Waals surface area contributed by atoms with Crippen LogP contribution in [0, 0.1) is 19.8 Å². The van der Waals surface area contributed by atoms with Gasteiger partial charge in [0.25, 0.3) is 5.91 Å². The van der Waals surface area contributed by atoms with Crippen molar-refractivity contribution in [3.8, 4) is 0 Å². The van der Waals surface area contributed by atoms with Crippen molar-refractivity contribution < 1.29 is 9.53 Å². The molecule has 0 aliphatic heterocycles. The highest BCUT2D eigenvalue weighted by atomic mass is 16.5. The summed E-state index contributed by atoms with van der Waals surface area (Å²) in [7, 11) is 1.68. The van der Waals surface area contributed by atoms with Gasteiger partial charge in [-0.25, -0.2) is 4.68 Å². The van der Waals surface area contributed by atoms with Crippen LogP contribution in [0.1, 0.15) is 35.4 Å². The van der Waals surface area contributed by atoms with E-state index in [-0.39, 0.29) is 11.8 Å². The summed E-state index contributed by atoms with van der Waals surface area (Å²) in [4.78, 5) is 12.3. The number of nitrogens with zero attached hydrogens (tertiary/aromatic N) is 2. The number of carbonyl (C=O) groups is 1. The van der Waals surface area contributed by atoms with E-state index in [4.69, 9.17) is 4.74 Å². The summed E-state index contributed by atoms with van der Waals surface area (Å²) in [5, 5.41) is 4.24. The number of hydrogen-bond donors (Lipinski definition) is 0. The topological polar surface area (TPSA) is 44.1 Å². The van der Waals surface area contributed by atoms with E-state index in [2.05, 4.69) is 5.10 Å². The Balaban J connectivity index is 2.12. The van der Waals surface area contributed by atoms with E-state index in [0.717, 1.165) is 36.4 Å². The van der Waals surface area contributed by atoms with Crippen LogP contribution in [0.5, 0.6) is 0 Å². The van der Waals surface area contributed by atoms with Gasteiger partial charge in [0.2, 0.25) is 0 Å². The fourth-order valence-electron chi connectivity index (χ4n) is 2.24. The molecule has 92 valence electrons. The normalized spacial score (nSPS) is 19.9. The van der Waals surface area contributed by atoms with E-state index in [1.807, 2.05) is 26.0 Å². The molecule has 0 fully saturated rings. The lowest BCUT2D eigenvalue weighted by molar-refractivity contribution is 0.0797. The van der Waals surface area contributed by atoms with Gasteiger partial charge >= 0.3 is 0 Å². The quantitative estimate of drug-likeness (QED) is 0.789. The molecule has 1 heterocycles. The summed E-state index contributed by atoms with van der Waals surface area (Å²) < 4.78 is 6.71. The van der Waals surface area contributed by atoms with E-state index < -0.39 is 0 Å². The number of ether oxygens (including phenoxy) is 1. The van der Waals surface area contributed by atoms with Gasteiger partial charge in [0.1, 0.15) is 0 Å². The van der Waals surface area contributed by atoms with Gasteiger partial charge < -0.3 is 4.74 Å². The molecule has 17 heavy (non-hydrogen) atoms. The first-order valence-electron chi connectivity index (χ1n) is 5.92. The monoisotopic (exact) mass is 234 g/mol. The van der Waals surface area contributed by atoms with Crippen molar-refractivity contribution in [1.29, 1.82) is 0 Å². The van der Waals surface area contributed by atoms with E-state index in [9.17, 15) is 4.79 Å². The number of allylic oxidation sites excluding steroid dienone is 2. The minimum absolute atomic E-state index is 0.0342. The molecule has 4 nitrogen and oxygen atoms in total. The second-order valence-electron chi connectivity index (χ2n) is 4.52. The van der Waals surface area contributed by atoms with Crippen LogP contribution < -0.4 is 0 Å². The van der Waals surface area contributed by atoms with Crippen molar-refractivity contribution in [1.82, 2.24) is 9.78 Å². The average Bonchev–Trinajstić information content (AvgIpc) is 2.68. The molecule has 0 spiro atoms. The summed E-state index contributed by atoms with van der Waals surface area (Å²) >= 11 is 0. The molecule has 0 saturated heterocycles. The highest BCUT2D eigenvalue weighted by Gasteiger charge is 2.24. The largest absolute Gasteiger partial charge is 0.501 e. The molecule has 0 radical (unpaired) electrons. The highest BCUT2D eigenvalue weighted by Crippen LogP contribution is 2.25. The number of aromatic nitrogens is 2. The van der Waals surface area contributed by atoms with Gasteiger partial charge in [0, 0.05) is 18.0 Å². The molecule has 1 aromatic heterocycles. The van der Waals surface area contributed by atoms with Gasteiger partial charge in [0.15, 0.2) is 0 Å². The second kappa shape index (κ2) is 4.73. The van der Waals surface area contributed by atoms with Crippen molar-refractivity contribution in [2.24, 2.45) is 5.92 Å². The highest BCUT2D eigenvalue weighted by molar-refractivity contribution is 5.81. The summed E-state index contributed by atoms with van der Waals surface area (Å²) in [5.41, 5.74) is 1.80. The fraction of sp³-hybridized carbons (Fsp3) is 0.538. The van der Waals surface area contributed by atoms with E-state index in [0.29, 0.717) is 0 Å². The second-order valence-corrected chi connectivity index (χ2v) is 4.52. The molecule has 0 aromatic carbocycles. The molecule has 4 heteroatoms. The predicted octanol–water partition coefficient (Wildman–Crippen LogP) is 2.47. The Bertz CT molecular complexity index is 460. The van der Waals surface area contributed by atoms with Gasteiger partial charge in [-0.05, 0) is 38.8 Å². The third kappa shape index (κ3) is 2.40. The summed E-state index contributed by atoms with van der Waals surface area (Å²) in [6.45, 7) is 3.82. The van der Waals surface area contributed by atoms with Crippen molar-refractivity contribution >= 4 is 5.91 Å². The van der Waals surface area contributed by atoms with Crippen molar-refractivity contribution in [2.45, 2.75) is 33.1 Å². The van der Waals surface area contributed by atoms with Crippen molar-refractivity contribution in [2.75, 3.05) is 7.11 Å². The van der Waals surface area contributed by atoms with Crippen LogP contribution in [0.4, 0.5) is 0 Å². The minimum atomic E-state index is 0.0342. The maximum absolute atomic E-state index is 12.3. The molecular formula is C13H18N2O2. The fourth-order valence-corrected chi connectivity index (χ4v) is 2.24. The molecule has 1 unspecified atom stereocenters. The first-order chi connectivity index (χ1) is 8.11. The molecule has 0 saturated carbocycles. The lowest BCUT2D eigenvalue weighted by Gasteiger charge is -2.20. The zero-order chi connectivity index (χ0) is 12.4. The maximum atomic E-state index is 12.3. The molecule has 2 rings (SSSR count). The Morgan fingerprint density at radius 1 is 1.53 bits per heavy atom. The van der Waals surface area contributed by atoms with Crippen LogP contribution in [0.3, 0.4) is 0 Å². The van der Waals surface area contributed by atoms with Crippen LogP contribution in [0.15, 0.2) is 17.9 Å². The van der Waals surface area contributed by atoms with Gasteiger partial charge in [-0.2, -0.15) is 5.10 Å². The van der Waals surface area contributed by atoms with Gasteiger partial charge in [-0.1, -0.05) is 0 Å². The SMILES string of the molecule is COC1=CCC(C(=O)n2nc(C)cc2C)CC1. The van der Waals surface area contributed by atoms with E-state index >= 15 is 0 Å². The molecule has 1 atom stereocenters. The molecule has 0 bridgehead atoms. The zero-order valence-corrected chi connectivity index (χ0v) is 10.6. The van der Waals surface area contributed by atoms with Crippen LogP contribution in [-0.4, -0.2) is 22.8 Å². The minimum Gasteiger partial charge on any atom is -0.501 e. The Morgan fingerprint density at radius 3 is 2.76 bits per heavy atom. The Morgan fingerprint density at radius 2 is 2.29 bits per heavy atom. The Hall–Kier alpha value is -1.58. The van der Waals surface area contributed by atoms with Crippen molar-refractivity contribution in [3.05, 3.63) is 29.3 Å². The van der Waals surface area contributed by atoms with Crippen LogP contribution >= 0.6 is 0 Å². The van der Waals surface area contributed by atoms with Gasteiger partial charge in [-0.3, -0.25) is 4.79 Å².